The predicted molar refractivity (Wildman–Crippen MR) is 57.5 cm³/mol. The maximum Gasteiger partial charge on any atom is 0.303 e. The summed E-state index contributed by atoms with van der Waals surface area (Å²) in [5, 5.41) is 11.9. The fourth-order valence-electron chi connectivity index (χ4n) is 0.936. The Kier molecular flexibility index (Phi) is 8.62. The number of carboxylic acid groups (broad SMARTS) is 1. The van der Waals surface area contributed by atoms with Gasteiger partial charge in [-0.05, 0) is 19.3 Å². The fraction of sp³-hybridized carbons (Fsp3) is 0.778. The van der Waals surface area contributed by atoms with Crippen LogP contribution in [0.25, 0.3) is 0 Å². The van der Waals surface area contributed by atoms with Gasteiger partial charge in [-0.2, -0.15) is 0 Å². The van der Waals surface area contributed by atoms with Gasteiger partial charge in [-0.25, -0.2) is 0 Å². The second-order valence-electron chi connectivity index (χ2n) is 2.99. The van der Waals surface area contributed by atoms with E-state index in [1.807, 2.05) is 0 Å². The number of carbonyl (C=O) groups excluding carboxylic acids is 1. The van der Waals surface area contributed by atoms with Crippen molar-refractivity contribution in [3.8, 4) is 0 Å². The van der Waals surface area contributed by atoms with Crippen molar-refractivity contribution in [2.45, 2.75) is 32.1 Å². The van der Waals surface area contributed by atoms with Crippen molar-refractivity contribution in [3.05, 3.63) is 0 Å². The van der Waals surface area contributed by atoms with Crippen molar-refractivity contribution in [1.82, 2.24) is 5.32 Å². The zero-order valence-electron chi connectivity index (χ0n) is 8.09. The minimum absolute atomic E-state index is 0.0105. The average molecular weight is 266 g/mol. The van der Waals surface area contributed by atoms with Gasteiger partial charge in [0.25, 0.3) is 0 Å². The first kappa shape index (κ1) is 13.4. The molecule has 0 spiro atoms. The number of carboxylic acids is 1. The van der Waals surface area contributed by atoms with Crippen LogP contribution in [0.5, 0.6) is 0 Å². The van der Waals surface area contributed by atoms with Crippen LogP contribution in [0.4, 0.5) is 0 Å². The molecule has 0 aliphatic rings. The topological polar surface area (TPSA) is 66.4 Å². The standard InChI is InChI=1S/C9H16BrNO3/c10-6-2-1-4-8(12)11-7-3-5-9(13)14/h1-7H2,(H,11,12)(H,13,14). The molecule has 5 heteroatoms. The van der Waals surface area contributed by atoms with E-state index in [1.54, 1.807) is 0 Å². The number of amides is 1. The van der Waals surface area contributed by atoms with E-state index in [0.29, 0.717) is 19.4 Å². The highest BCUT2D eigenvalue weighted by atomic mass is 79.9. The quantitative estimate of drug-likeness (QED) is 0.517. The van der Waals surface area contributed by atoms with E-state index in [1.165, 1.54) is 0 Å². The van der Waals surface area contributed by atoms with Gasteiger partial charge >= 0.3 is 5.97 Å². The molecular weight excluding hydrogens is 250 g/mol. The monoisotopic (exact) mass is 265 g/mol. The predicted octanol–water partition coefficient (Wildman–Crippen LogP) is 1.53. The number of nitrogens with one attached hydrogen (secondary N) is 1. The van der Waals surface area contributed by atoms with Crippen molar-refractivity contribution < 1.29 is 14.7 Å². The van der Waals surface area contributed by atoms with Gasteiger partial charge in [0.1, 0.15) is 0 Å². The highest BCUT2D eigenvalue weighted by molar-refractivity contribution is 9.09. The molecule has 0 saturated carbocycles. The number of hydrogen-bond donors (Lipinski definition) is 2. The first-order valence-electron chi connectivity index (χ1n) is 4.71. The van der Waals surface area contributed by atoms with E-state index < -0.39 is 5.97 Å². The summed E-state index contributed by atoms with van der Waals surface area (Å²) in [6, 6.07) is 0. The minimum Gasteiger partial charge on any atom is -0.481 e. The van der Waals surface area contributed by atoms with Crippen LogP contribution in [0.15, 0.2) is 0 Å². The van der Waals surface area contributed by atoms with E-state index >= 15 is 0 Å². The molecule has 0 aliphatic heterocycles. The van der Waals surface area contributed by atoms with Gasteiger partial charge < -0.3 is 10.4 Å². The summed E-state index contributed by atoms with van der Waals surface area (Å²) < 4.78 is 0. The third-order valence-corrected chi connectivity index (χ3v) is 2.24. The van der Waals surface area contributed by atoms with Gasteiger partial charge in [0.05, 0.1) is 0 Å². The molecular formula is C9H16BrNO3. The highest BCUT2D eigenvalue weighted by Crippen LogP contribution is 1.98. The number of aliphatic carboxylic acids is 1. The average Bonchev–Trinajstić information content (AvgIpc) is 2.13. The maximum atomic E-state index is 11.1. The van der Waals surface area contributed by atoms with Crippen molar-refractivity contribution in [3.63, 3.8) is 0 Å². The number of rotatable bonds is 8. The molecule has 0 saturated heterocycles. The molecule has 14 heavy (non-hydrogen) atoms. The van der Waals surface area contributed by atoms with Crippen LogP contribution >= 0.6 is 15.9 Å². The lowest BCUT2D eigenvalue weighted by atomic mass is 10.2. The minimum atomic E-state index is -0.821. The molecule has 0 radical (unpaired) electrons. The molecule has 82 valence electrons. The van der Waals surface area contributed by atoms with Gasteiger partial charge in [-0.15, -0.1) is 0 Å². The number of unbranched alkanes of at least 4 members (excludes halogenated alkanes) is 1. The zero-order valence-corrected chi connectivity index (χ0v) is 9.68. The molecule has 0 fully saturated rings. The lowest BCUT2D eigenvalue weighted by molar-refractivity contribution is -0.137. The zero-order chi connectivity index (χ0) is 10.8. The van der Waals surface area contributed by atoms with E-state index in [9.17, 15) is 9.59 Å². The molecule has 0 rings (SSSR count). The smallest absolute Gasteiger partial charge is 0.303 e. The summed E-state index contributed by atoms with van der Waals surface area (Å²) in [4.78, 5) is 21.2. The number of halogens is 1. The van der Waals surface area contributed by atoms with E-state index in [0.717, 1.165) is 18.2 Å². The van der Waals surface area contributed by atoms with Crippen molar-refractivity contribution >= 4 is 27.8 Å². The Balaban J connectivity index is 3.22. The molecule has 0 atom stereocenters. The molecule has 1 amide bonds. The summed E-state index contributed by atoms with van der Waals surface area (Å²) in [6.45, 7) is 0.458. The SMILES string of the molecule is O=C(O)CCCNC(=O)CCCCBr. The van der Waals surface area contributed by atoms with E-state index in [-0.39, 0.29) is 12.3 Å². The van der Waals surface area contributed by atoms with Crippen LogP contribution in [-0.4, -0.2) is 28.9 Å². The van der Waals surface area contributed by atoms with E-state index in [2.05, 4.69) is 21.2 Å². The number of carbonyl (C=O) groups is 2. The van der Waals surface area contributed by atoms with Gasteiger partial charge in [-0.3, -0.25) is 9.59 Å². The molecule has 0 aliphatic carbocycles. The fourth-order valence-corrected chi connectivity index (χ4v) is 1.33. The largest absolute Gasteiger partial charge is 0.481 e. The Morgan fingerprint density at radius 3 is 2.43 bits per heavy atom. The summed E-state index contributed by atoms with van der Waals surface area (Å²) in [5.41, 5.74) is 0. The molecule has 0 aromatic rings. The van der Waals surface area contributed by atoms with Gasteiger partial charge in [0.2, 0.25) is 5.91 Å². The lowest BCUT2D eigenvalue weighted by Gasteiger charge is -2.02. The van der Waals surface area contributed by atoms with Gasteiger partial charge in [0, 0.05) is 24.7 Å². The normalized spacial score (nSPS) is 9.79. The number of hydrogen-bond acceptors (Lipinski definition) is 2. The van der Waals surface area contributed by atoms with Crippen LogP contribution in [-0.2, 0) is 9.59 Å². The van der Waals surface area contributed by atoms with Crippen LogP contribution in [0, 0.1) is 0 Å². The second kappa shape index (κ2) is 8.99. The third-order valence-electron chi connectivity index (χ3n) is 1.68. The van der Waals surface area contributed by atoms with E-state index in [4.69, 9.17) is 5.11 Å². The van der Waals surface area contributed by atoms with Crippen molar-refractivity contribution in [2.75, 3.05) is 11.9 Å². The molecule has 0 aromatic carbocycles. The highest BCUT2D eigenvalue weighted by Gasteiger charge is 2.01. The Morgan fingerprint density at radius 1 is 1.14 bits per heavy atom. The van der Waals surface area contributed by atoms with Gasteiger partial charge in [-0.1, -0.05) is 15.9 Å². The molecule has 4 nitrogen and oxygen atoms in total. The van der Waals surface area contributed by atoms with Gasteiger partial charge in [0.15, 0.2) is 0 Å². The summed E-state index contributed by atoms with van der Waals surface area (Å²) in [7, 11) is 0. The maximum absolute atomic E-state index is 11.1. The van der Waals surface area contributed by atoms with Crippen molar-refractivity contribution in [1.29, 1.82) is 0 Å². The number of alkyl halides is 1. The van der Waals surface area contributed by atoms with Crippen LogP contribution in [0.1, 0.15) is 32.1 Å². The van der Waals surface area contributed by atoms with Crippen LogP contribution < -0.4 is 5.32 Å². The first-order chi connectivity index (χ1) is 6.66. The Morgan fingerprint density at radius 2 is 1.86 bits per heavy atom. The summed E-state index contributed by atoms with van der Waals surface area (Å²) in [5.74, 6) is -0.810. The molecule has 0 aromatic heterocycles. The molecule has 0 bridgehead atoms. The Bertz CT molecular complexity index is 185. The summed E-state index contributed by atoms with van der Waals surface area (Å²) >= 11 is 3.28. The van der Waals surface area contributed by atoms with Crippen molar-refractivity contribution in [2.24, 2.45) is 0 Å². The Hall–Kier alpha value is -0.580. The summed E-state index contributed by atoms with van der Waals surface area (Å²) in [6.07, 6.45) is 3.00. The molecule has 2 N–H and O–H groups in total. The molecule has 0 unspecified atom stereocenters. The third kappa shape index (κ3) is 9.51. The van der Waals surface area contributed by atoms with Crippen LogP contribution in [0.3, 0.4) is 0 Å². The first-order valence-corrected chi connectivity index (χ1v) is 5.83. The lowest BCUT2D eigenvalue weighted by Crippen LogP contribution is -2.24. The van der Waals surface area contributed by atoms with Crippen LogP contribution in [0.2, 0.25) is 0 Å². The molecule has 0 heterocycles. The Labute approximate surface area is 92.2 Å². The second-order valence-corrected chi connectivity index (χ2v) is 3.79.